The smallest absolute Gasteiger partial charge is 0.287 e. The van der Waals surface area contributed by atoms with E-state index in [4.69, 9.17) is 25.5 Å². The van der Waals surface area contributed by atoms with Gasteiger partial charge in [-0.1, -0.05) is 41.9 Å². The highest BCUT2D eigenvalue weighted by molar-refractivity contribution is 6.32. The van der Waals surface area contributed by atoms with Crippen LogP contribution in [0.5, 0.6) is 5.75 Å². The first-order valence-corrected chi connectivity index (χ1v) is 9.76. The highest BCUT2D eigenvalue weighted by Gasteiger charge is 2.28. The maximum atomic E-state index is 13.1. The van der Waals surface area contributed by atoms with Gasteiger partial charge in [0.15, 0.2) is 5.76 Å². The predicted octanol–water partition coefficient (Wildman–Crippen LogP) is 5.26. The zero-order valence-corrected chi connectivity index (χ0v) is 16.6. The van der Waals surface area contributed by atoms with Crippen molar-refractivity contribution in [2.45, 2.75) is 39.0 Å². The number of ether oxygens (including phenoxy) is 2. The van der Waals surface area contributed by atoms with Crippen molar-refractivity contribution in [3.05, 3.63) is 64.4 Å². The first-order chi connectivity index (χ1) is 13.5. The molecule has 1 N–H and O–H groups in total. The third-order valence-electron chi connectivity index (χ3n) is 4.80. The van der Waals surface area contributed by atoms with Crippen molar-refractivity contribution in [3.63, 3.8) is 0 Å². The van der Waals surface area contributed by atoms with Gasteiger partial charge in [0.1, 0.15) is 11.3 Å². The highest BCUT2D eigenvalue weighted by atomic mass is 35.5. The molecule has 146 valence electrons. The number of carbonyl (C=O) groups excluding carboxylic acids is 1. The Morgan fingerprint density at radius 2 is 2.07 bits per heavy atom. The van der Waals surface area contributed by atoms with Crippen LogP contribution in [0, 0.1) is 0 Å². The molecule has 0 fully saturated rings. The fourth-order valence-electron chi connectivity index (χ4n) is 3.44. The van der Waals surface area contributed by atoms with Crippen LogP contribution in [0.15, 0.2) is 46.9 Å². The SMILES string of the molecule is CC(C)OCc1c(C(=O)NC2CCOc3c(Cl)cccc32)oc2ccccc12. The lowest BCUT2D eigenvalue weighted by Gasteiger charge is -2.27. The molecule has 0 spiro atoms. The summed E-state index contributed by atoms with van der Waals surface area (Å²) >= 11 is 6.24. The largest absolute Gasteiger partial charge is 0.492 e. The van der Waals surface area contributed by atoms with Crippen molar-refractivity contribution in [1.29, 1.82) is 0 Å². The molecule has 3 aromatic rings. The Bertz CT molecular complexity index is 1010. The highest BCUT2D eigenvalue weighted by Crippen LogP contribution is 2.38. The van der Waals surface area contributed by atoms with Crippen molar-refractivity contribution in [3.8, 4) is 5.75 Å². The minimum Gasteiger partial charge on any atom is -0.492 e. The molecule has 0 saturated heterocycles. The van der Waals surface area contributed by atoms with Crippen LogP contribution in [-0.4, -0.2) is 18.6 Å². The van der Waals surface area contributed by atoms with Crippen LogP contribution in [0.1, 0.15) is 48.0 Å². The first kappa shape index (κ1) is 18.8. The zero-order valence-electron chi connectivity index (χ0n) is 15.8. The van der Waals surface area contributed by atoms with Crippen molar-refractivity contribution in [2.24, 2.45) is 0 Å². The fourth-order valence-corrected chi connectivity index (χ4v) is 3.67. The first-order valence-electron chi connectivity index (χ1n) is 9.38. The minimum atomic E-state index is -0.267. The maximum absolute atomic E-state index is 13.1. The fraction of sp³-hybridized carbons (Fsp3) is 0.318. The number of rotatable bonds is 5. The van der Waals surface area contributed by atoms with E-state index < -0.39 is 0 Å². The molecule has 1 atom stereocenters. The number of amides is 1. The summed E-state index contributed by atoms with van der Waals surface area (Å²) in [5, 5.41) is 4.52. The second-order valence-electron chi connectivity index (χ2n) is 7.09. The summed E-state index contributed by atoms with van der Waals surface area (Å²) in [5.41, 5.74) is 2.31. The average Bonchev–Trinajstić information content (AvgIpc) is 3.06. The van der Waals surface area contributed by atoms with Gasteiger partial charge < -0.3 is 19.2 Å². The summed E-state index contributed by atoms with van der Waals surface area (Å²) in [6.07, 6.45) is 0.714. The van der Waals surface area contributed by atoms with Gasteiger partial charge in [-0.2, -0.15) is 0 Å². The topological polar surface area (TPSA) is 60.7 Å². The number of halogens is 1. The van der Waals surface area contributed by atoms with Gasteiger partial charge in [0.05, 0.1) is 30.4 Å². The van der Waals surface area contributed by atoms with Gasteiger partial charge in [0.2, 0.25) is 0 Å². The number of hydrogen-bond donors (Lipinski definition) is 1. The monoisotopic (exact) mass is 399 g/mol. The van der Waals surface area contributed by atoms with Crippen LogP contribution in [0.4, 0.5) is 0 Å². The average molecular weight is 400 g/mol. The molecule has 2 heterocycles. The van der Waals surface area contributed by atoms with Gasteiger partial charge in [-0.05, 0) is 26.0 Å². The van der Waals surface area contributed by atoms with E-state index in [-0.39, 0.29) is 23.8 Å². The minimum absolute atomic E-state index is 0.0501. The lowest BCUT2D eigenvalue weighted by atomic mass is 10.00. The van der Waals surface area contributed by atoms with Gasteiger partial charge in [0, 0.05) is 22.9 Å². The van der Waals surface area contributed by atoms with E-state index in [1.54, 1.807) is 6.07 Å². The van der Waals surface area contributed by atoms with Gasteiger partial charge in [-0.3, -0.25) is 4.79 Å². The molecule has 0 aliphatic carbocycles. The number of furan rings is 1. The van der Waals surface area contributed by atoms with Crippen LogP contribution in [-0.2, 0) is 11.3 Å². The van der Waals surface area contributed by atoms with Crippen LogP contribution in [0.25, 0.3) is 11.0 Å². The zero-order chi connectivity index (χ0) is 19.7. The Hall–Kier alpha value is -2.50. The number of nitrogens with one attached hydrogen (secondary N) is 1. The second kappa shape index (κ2) is 7.86. The van der Waals surface area contributed by atoms with Crippen LogP contribution in [0.2, 0.25) is 5.02 Å². The Morgan fingerprint density at radius 1 is 1.25 bits per heavy atom. The molecule has 4 rings (SSSR count). The van der Waals surface area contributed by atoms with Crippen LogP contribution in [0.3, 0.4) is 0 Å². The molecular formula is C22H22ClNO4. The van der Waals surface area contributed by atoms with Crippen molar-refractivity contribution in [1.82, 2.24) is 5.32 Å². The molecule has 0 saturated carbocycles. The molecule has 1 amide bonds. The molecule has 0 radical (unpaired) electrons. The Balaban J connectivity index is 1.65. The molecule has 6 heteroatoms. The number of carbonyl (C=O) groups is 1. The third kappa shape index (κ3) is 3.60. The Morgan fingerprint density at radius 3 is 2.89 bits per heavy atom. The molecule has 5 nitrogen and oxygen atoms in total. The molecule has 1 aliphatic rings. The summed E-state index contributed by atoms with van der Waals surface area (Å²) in [6.45, 7) is 4.73. The molecule has 1 unspecified atom stereocenters. The second-order valence-corrected chi connectivity index (χ2v) is 7.49. The standard InChI is InChI=1S/C22H22ClNO4/c1-13(2)27-12-16-14-6-3-4-9-19(14)28-21(16)22(25)24-18-10-11-26-20-15(18)7-5-8-17(20)23/h3-9,13,18H,10-12H2,1-2H3,(H,24,25). The number of fused-ring (bicyclic) bond motifs is 2. The van der Waals surface area contributed by atoms with Gasteiger partial charge in [-0.15, -0.1) is 0 Å². The summed E-state index contributed by atoms with van der Waals surface area (Å²) in [5.74, 6) is 0.655. The number of hydrogen-bond acceptors (Lipinski definition) is 4. The summed E-state index contributed by atoms with van der Waals surface area (Å²) < 4.78 is 17.3. The molecule has 0 bridgehead atoms. The van der Waals surface area contributed by atoms with E-state index in [1.165, 1.54) is 0 Å². The molecule has 1 aromatic heterocycles. The lowest BCUT2D eigenvalue weighted by Crippen LogP contribution is -2.32. The summed E-state index contributed by atoms with van der Waals surface area (Å²) in [4.78, 5) is 13.1. The van der Waals surface area contributed by atoms with Gasteiger partial charge >= 0.3 is 0 Å². The lowest BCUT2D eigenvalue weighted by molar-refractivity contribution is 0.0641. The van der Waals surface area contributed by atoms with E-state index in [9.17, 15) is 4.79 Å². The summed E-state index contributed by atoms with van der Waals surface area (Å²) in [6, 6.07) is 13.0. The maximum Gasteiger partial charge on any atom is 0.287 e. The van der Waals surface area contributed by atoms with Crippen LogP contribution < -0.4 is 10.1 Å². The molecule has 1 aliphatic heterocycles. The van der Waals surface area contributed by atoms with Crippen molar-refractivity contribution in [2.75, 3.05) is 6.61 Å². The molecule has 2 aromatic carbocycles. The quantitative estimate of drug-likeness (QED) is 0.635. The van der Waals surface area contributed by atoms with E-state index >= 15 is 0 Å². The van der Waals surface area contributed by atoms with Gasteiger partial charge in [0.25, 0.3) is 5.91 Å². The van der Waals surface area contributed by atoms with Crippen LogP contribution >= 0.6 is 11.6 Å². The predicted molar refractivity (Wildman–Crippen MR) is 108 cm³/mol. The Kier molecular flexibility index (Phi) is 5.29. The van der Waals surface area contributed by atoms with E-state index in [2.05, 4.69) is 5.32 Å². The third-order valence-corrected chi connectivity index (χ3v) is 5.09. The van der Waals surface area contributed by atoms with Crippen molar-refractivity contribution < 1.29 is 18.7 Å². The molecule has 28 heavy (non-hydrogen) atoms. The van der Waals surface area contributed by atoms with Crippen molar-refractivity contribution >= 4 is 28.5 Å². The van der Waals surface area contributed by atoms with E-state index in [1.807, 2.05) is 50.2 Å². The normalized spacial score (nSPS) is 16.1. The van der Waals surface area contributed by atoms with E-state index in [0.717, 1.165) is 16.5 Å². The number of benzene rings is 2. The summed E-state index contributed by atoms with van der Waals surface area (Å²) in [7, 11) is 0. The molecular weight excluding hydrogens is 378 g/mol. The number of para-hydroxylation sites is 2. The van der Waals surface area contributed by atoms with E-state index in [0.29, 0.717) is 36.0 Å². The Labute approximate surface area is 168 Å². The van der Waals surface area contributed by atoms with Gasteiger partial charge in [-0.25, -0.2) is 0 Å².